The first kappa shape index (κ1) is 11.5. The smallest absolute Gasteiger partial charge is 0.135 e. The molecule has 2 N–H and O–H groups in total. The predicted octanol–water partition coefficient (Wildman–Crippen LogP) is 3.42. The molecule has 94 valence electrons. The van der Waals surface area contributed by atoms with Gasteiger partial charge in [0.2, 0.25) is 0 Å². The van der Waals surface area contributed by atoms with Gasteiger partial charge in [-0.25, -0.2) is 9.97 Å². The van der Waals surface area contributed by atoms with Gasteiger partial charge >= 0.3 is 0 Å². The first-order valence-electron chi connectivity index (χ1n) is 6.11. The summed E-state index contributed by atoms with van der Waals surface area (Å²) in [6.45, 7) is 0. The zero-order valence-corrected chi connectivity index (χ0v) is 10.6. The fraction of sp³-hybridized carbons (Fsp3) is 0.0667. The van der Waals surface area contributed by atoms with Gasteiger partial charge in [-0.15, -0.1) is 0 Å². The SMILES string of the molecule is CNc1cc(Nc2cccc3ccccc23)ncn1. The van der Waals surface area contributed by atoms with E-state index >= 15 is 0 Å². The van der Waals surface area contributed by atoms with Crippen LogP contribution in [0.15, 0.2) is 54.9 Å². The fourth-order valence-electron chi connectivity index (χ4n) is 2.03. The van der Waals surface area contributed by atoms with Gasteiger partial charge in [-0.3, -0.25) is 0 Å². The van der Waals surface area contributed by atoms with Crippen LogP contribution in [-0.4, -0.2) is 17.0 Å². The number of benzene rings is 2. The third-order valence-corrected chi connectivity index (χ3v) is 2.98. The van der Waals surface area contributed by atoms with Crippen molar-refractivity contribution >= 4 is 28.1 Å². The first-order valence-corrected chi connectivity index (χ1v) is 6.11. The Balaban J connectivity index is 2.01. The van der Waals surface area contributed by atoms with Gasteiger partial charge in [0.05, 0.1) is 0 Å². The topological polar surface area (TPSA) is 49.8 Å². The molecule has 0 aliphatic heterocycles. The quantitative estimate of drug-likeness (QED) is 0.748. The Morgan fingerprint density at radius 3 is 2.58 bits per heavy atom. The van der Waals surface area contributed by atoms with E-state index in [2.05, 4.69) is 38.8 Å². The average Bonchev–Trinajstić information content (AvgIpc) is 2.48. The Morgan fingerprint density at radius 1 is 0.895 bits per heavy atom. The van der Waals surface area contributed by atoms with Crippen molar-refractivity contribution < 1.29 is 0 Å². The van der Waals surface area contributed by atoms with E-state index < -0.39 is 0 Å². The molecule has 4 nitrogen and oxygen atoms in total. The van der Waals surface area contributed by atoms with Crippen molar-refractivity contribution in [1.82, 2.24) is 9.97 Å². The largest absolute Gasteiger partial charge is 0.373 e. The number of nitrogens with one attached hydrogen (secondary N) is 2. The molecule has 3 aromatic rings. The standard InChI is InChI=1S/C15H14N4/c1-16-14-9-15(18-10-17-14)19-13-8-4-6-11-5-2-3-7-12(11)13/h2-10H,1H3,(H2,16,17,18,19). The van der Waals surface area contributed by atoms with Gasteiger partial charge in [0.1, 0.15) is 18.0 Å². The van der Waals surface area contributed by atoms with Gasteiger partial charge in [0.25, 0.3) is 0 Å². The van der Waals surface area contributed by atoms with Crippen LogP contribution >= 0.6 is 0 Å². The van der Waals surface area contributed by atoms with Crippen molar-refractivity contribution in [3.8, 4) is 0 Å². The number of aromatic nitrogens is 2. The van der Waals surface area contributed by atoms with Crippen LogP contribution in [0.1, 0.15) is 0 Å². The van der Waals surface area contributed by atoms with Crippen LogP contribution in [0, 0.1) is 0 Å². The molecule has 0 spiro atoms. The van der Waals surface area contributed by atoms with Crippen LogP contribution in [0.2, 0.25) is 0 Å². The van der Waals surface area contributed by atoms with E-state index in [4.69, 9.17) is 0 Å². The number of fused-ring (bicyclic) bond motifs is 1. The second kappa shape index (κ2) is 4.94. The molecule has 2 aromatic carbocycles. The summed E-state index contributed by atoms with van der Waals surface area (Å²) in [4.78, 5) is 8.33. The van der Waals surface area contributed by atoms with Gasteiger partial charge in [0.15, 0.2) is 0 Å². The monoisotopic (exact) mass is 250 g/mol. The van der Waals surface area contributed by atoms with Crippen molar-refractivity contribution in [2.24, 2.45) is 0 Å². The van der Waals surface area contributed by atoms with E-state index in [-0.39, 0.29) is 0 Å². The highest BCUT2D eigenvalue weighted by Gasteiger charge is 2.02. The molecule has 0 aliphatic rings. The highest BCUT2D eigenvalue weighted by Crippen LogP contribution is 2.25. The highest BCUT2D eigenvalue weighted by molar-refractivity contribution is 5.95. The molecule has 4 heteroatoms. The Kier molecular flexibility index (Phi) is 2.98. The maximum atomic E-state index is 4.23. The van der Waals surface area contributed by atoms with E-state index in [0.29, 0.717) is 0 Å². The minimum atomic E-state index is 0.774. The van der Waals surface area contributed by atoms with Crippen LogP contribution in [0.25, 0.3) is 10.8 Å². The Morgan fingerprint density at radius 2 is 1.68 bits per heavy atom. The number of hydrogen-bond acceptors (Lipinski definition) is 4. The normalized spacial score (nSPS) is 10.4. The number of rotatable bonds is 3. The molecule has 0 aliphatic carbocycles. The fourth-order valence-corrected chi connectivity index (χ4v) is 2.03. The molecule has 0 radical (unpaired) electrons. The molecular weight excluding hydrogens is 236 g/mol. The Labute approximate surface area is 111 Å². The van der Waals surface area contributed by atoms with Gasteiger partial charge in [-0.1, -0.05) is 36.4 Å². The van der Waals surface area contributed by atoms with Crippen molar-refractivity contribution in [2.45, 2.75) is 0 Å². The van der Waals surface area contributed by atoms with E-state index in [9.17, 15) is 0 Å². The zero-order valence-electron chi connectivity index (χ0n) is 10.6. The van der Waals surface area contributed by atoms with Gasteiger partial charge in [-0.05, 0) is 11.5 Å². The lowest BCUT2D eigenvalue weighted by Crippen LogP contribution is -1.98. The summed E-state index contributed by atoms with van der Waals surface area (Å²) >= 11 is 0. The second-order valence-electron chi connectivity index (χ2n) is 4.19. The van der Waals surface area contributed by atoms with E-state index in [1.54, 1.807) is 6.33 Å². The molecule has 0 saturated heterocycles. The highest BCUT2D eigenvalue weighted by atomic mass is 15.1. The summed E-state index contributed by atoms with van der Waals surface area (Å²) in [6.07, 6.45) is 1.54. The summed E-state index contributed by atoms with van der Waals surface area (Å²) in [6, 6.07) is 16.3. The van der Waals surface area contributed by atoms with E-state index in [0.717, 1.165) is 17.3 Å². The minimum Gasteiger partial charge on any atom is -0.373 e. The maximum Gasteiger partial charge on any atom is 0.135 e. The lowest BCUT2D eigenvalue weighted by Gasteiger charge is -2.09. The molecule has 0 unspecified atom stereocenters. The summed E-state index contributed by atoms with van der Waals surface area (Å²) in [5.74, 6) is 1.56. The lowest BCUT2D eigenvalue weighted by molar-refractivity contribution is 1.16. The number of hydrogen-bond donors (Lipinski definition) is 2. The number of nitrogens with zero attached hydrogens (tertiary/aromatic N) is 2. The van der Waals surface area contributed by atoms with E-state index in [1.807, 2.05) is 37.4 Å². The zero-order chi connectivity index (χ0) is 13.1. The molecule has 1 heterocycles. The van der Waals surface area contributed by atoms with Crippen molar-refractivity contribution in [3.05, 3.63) is 54.9 Å². The van der Waals surface area contributed by atoms with Gasteiger partial charge < -0.3 is 10.6 Å². The molecule has 1 aromatic heterocycles. The predicted molar refractivity (Wildman–Crippen MR) is 78.8 cm³/mol. The summed E-state index contributed by atoms with van der Waals surface area (Å²) < 4.78 is 0. The van der Waals surface area contributed by atoms with Crippen LogP contribution in [0.3, 0.4) is 0 Å². The average molecular weight is 250 g/mol. The van der Waals surface area contributed by atoms with E-state index in [1.165, 1.54) is 10.8 Å². The van der Waals surface area contributed by atoms with Crippen LogP contribution in [0.5, 0.6) is 0 Å². The molecule has 0 saturated carbocycles. The minimum absolute atomic E-state index is 0.774. The third-order valence-electron chi connectivity index (χ3n) is 2.98. The van der Waals surface area contributed by atoms with Gasteiger partial charge in [-0.2, -0.15) is 0 Å². The Bertz CT molecular complexity index is 704. The molecule has 3 rings (SSSR count). The Hall–Kier alpha value is -2.62. The number of anilines is 3. The van der Waals surface area contributed by atoms with Crippen molar-refractivity contribution in [3.63, 3.8) is 0 Å². The molecule has 0 atom stereocenters. The summed E-state index contributed by atoms with van der Waals surface area (Å²) in [7, 11) is 1.84. The summed E-state index contributed by atoms with van der Waals surface area (Å²) in [5.41, 5.74) is 1.04. The molecule has 0 bridgehead atoms. The molecular formula is C15H14N4. The van der Waals surface area contributed by atoms with Crippen molar-refractivity contribution in [1.29, 1.82) is 0 Å². The maximum absolute atomic E-state index is 4.23. The van der Waals surface area contributed by atoms with Crippen LogP contribution < -0.4 is 10.6 Å². The second-order valence-corrected chi connectivity index (χ2v) is 4.19. The van der Waals surface area contributed by atoms with Gasteiger partial charge in [0, 0.05) is 24.2 Å². The van der Waals surface area contributed by atoms with Crippen LogP contribution in [-0.2, 0) is 0 Å². The molecule has 19 heavy (non-hydrogen) atoms. The van der Waals surface area contributed by atoms with Crippen molar-refractivity contribution in [2.75, 3.05) is 17.7 Å². The lowest BCUT2D eigenvalue weighted by atomic mass is 10.1. The summed E-state index contributed by atoms with van der Waals surface area (Å²) in [5, 5.41) is 8.71. The first-order chi connectivity index (χ1) is 9.36. The molecule has 0 amide bonds. The molecule has 0 fully saturated rings. The third kappa shape index (κ3) is 2.33. The van der Waals surface area contributed by atoms with Crippen LogP contribution in [0.4, 0.5) is 17.3 Å².